The van der Waals surface area contributed by atoms with Gasteiger partial charge in [0, 0.05) is 10.6 Å². The Kier molecular flexibility index (Phi) is 3.09. The Labute approximate surface area is 133 Å². The first kappa shape index (κ1) is 13.4. The maximum Gasteiger partial charge on any atom is 0.235 e. The lowest BCUT2D eigenvalue weighted by Crippen LogP contribution is -2.36. The predicted octanol–water partition coefficient (Wildman–Crippen LogP) is 5.22. The highest BCUT2D eigenvalue weighted by atomic mass is 35.5. The number of nitrogens with one attached hydrogen (secondary N) is 1. The van der Waals surface area contributed by atoms with E-state index in [1.165, 1.54) is 12.0 Å². The summed E-state index contributed by atoms with van der Waals surface area (Å²) in [5, 5.41) is 3.08. The third-order valence-electron chi connectivity index (χ3n) is 4.78. The highest BCUT2D eigenvalue weighted by Crippen LogP contribution is 2.48. The minimum Gasteiger partial charge on any atom is -0.325 e. The summed E-state index contributed by atoms with van der Waals surface area (Å²) in [6, 6.07) is 10.3. The van der Waals surface area contributed by atoms with Crippen molar-refractivity contribution in [2.24, 2.45) is 0 Å². The summed E-state index contributed by atoms with van der Waals surface area (Å²) >= 11 is 7.63. The average Bonchev–Trinajstić information content (AvgIpc) is 3.04. The molecular weight excluding hydrogens is 302 g/mol. The molecule has 2 nitrogen and oxygen atoms in total. The average molecular weight is 318 g/mol. The normalized spacial score (nSPS) is 19.6. The van der Waals surface area contributed by atoms with Crippen LogP contribution in [-0.2, 0) is 10.2 Å². The van der Waals surface area contributed by atoms with Gasteiger partial charge in [-0.1, -0.05) is 36.9 Å². The van der Waals surface area contributed by atoms with Gasteiger partial charge in [-0.25, -0.2) is 0 Å². The first-order valence-electron chi connectivity index (χ1n) is 7.41. The van der Waals surface area contributed by atoms with Crippen molar-refractivity contribution in [1.82, 2.24) is 0 Å². The summed E-state index contributed by atoms with van der Waals surface area (Å²) in [5.41, 5.74) is 3.06. The van der Waals surface area contributed by atoms with Gasteiger partial charge >= 0.3 is 0 Å². The molecule has 4 rings (SSSR count). The molecule has 1 aromatic heterocycles. The van der Waals surface area contributed by atoms with Crippen molar-refractivity contribution in [2.45, 2.75) is 37.5 Å². The molecule has 21 heavy (non-hydrogen) atoms. The summed E-state index contributed by atoms with van der Waals surface area (Å²) < 4.78 is 0.798. The fraction of sp³-hybridized carbons (Fsp3) is 0.353. The van der Waals surface area contributed by atoms with Gasteiger partial charge < -0.3 is 5.32 Å². The van der Waals surface area contributed by atoms with Crippen LogP contribution in [0, 0.1) is 0 Å². The van der Waals surface area contributed by atoms with Crippen LogP contribution in [-0.4, -0.2) is 5.91 Å². The molecule has 1 fully saturated rings. The molecule has 2 heterocycles. The van der Waals surface area contributed by atoms with E-state index in [1.54, 1.807) is 11.3 Å². The van der Waals surface area contributed by atoms with Crippen molar-refractivity contribution < 1.29 is 4.79 Å². The Morgan fingerprint density at radius 1 is 1.10 bits per heavy atom. The first-order valence-corrected chi connectivity index (χ1v) is 8.60. The van der Waals surface area contributed by atoms with Gasteiger partial charge in [-0.3, -0.25) is 4.79 Å². The topological polar surface area (TPSA) is 29.1 Å². The molecule has 1 aliphatic carbocycles. The smallest absolute Gasteiger partial charge is 0.235 e. The predicted molar refractivity (Wildman–Crippen MR) is 88.2 cm³/mol. The Balaban J connectivity index is 1.82. The number of hydrogen-bond donors (Lipinski definition) is 1. The first-order chi connectivity index (χ1) is 10.2. The van der Waals surface area contributed by atoms with Crippen LogP contribution >= 0.6 is 22.9 Å². The molecule has 4 heteroatoms. The van der Waals surface area contributed by atoms with E-state index in [9.17, 15) is 4.79 Å². The second kappa shape index (κ2) is 4.85. The summed E-state index contributed by atoms with van der Waals surface area (Å²) in [7, 11) is 0. The van der Waals surface area contributed by atoms with Gasteiger partial charge in [0.15, 0.2) is 0 Å². The van der Waals surface area contributed by atoms with E-state index in [4.69, 9.17) is 11.6 Å². The number of rotatable bonds is 1. The van der Waals surface area contributed by atoms with Gasteiger partial charge in [-0.2, -0.15) is 0 Å². The summed E-state index contributed by atoms with van der Waals surface area (Å²) in [5.74, 6) is 0.193. The van der Waals surface area contributed by atoms with Crippen LogP contribution < -0.4 is 5.32 Å². The molecule has 1 N–H and O–H groups in total. The SMILES string of the molecule is O=C1Nc2ccc(-c3ccc(Cl)s3)cc2C12CCCCC2. The Morgan fingerprint density at radius 2 is 1.90 bits per heavy atom. The number of thiophene rings is 1. The maximum absolute atomic E-state index is 12.5. The van der Waals surface area contributed by atoms with E-state index in [-0.39, 0.29) is 11.3 Å². The van der Waals surface area contributed by atoms with E-state index in [1.807, 2.05) is 18.2 Å². The maximum atomic E-state index is 12.5. The summed E-state index contributed by atoms with van der Waals surface area (Å²) in [4.78, 5) is 13.7. The Bertz CT molecular complexity index is 715. The van der Waals surface area contributed by atoms with Gasteiger partial charge in [0.1, 0.15) is 0 Å². The number of benzene rings is 1. The van der Waals surface area contributed by atoms with Crippen LogP contribution in [0.15, 0.2) is 30.3 Å². The minimum absolute atomic E-state index is 0.193. The highest BCUT2D eigenvalue weighted by molar-refractivity contribution is 7.19. The lowest BCUT2D eigenvalue weighted by Gasteiger charge is -2.31. The highest BCUT2D eigenvalue weighted by Gasteiger charge is 2.47. The monoisotopic (exact) mass is 317 g/mol. The third-order valence-corrected chi connectivity index (χ3v) is 6.06. The van der Waals surface area contributed by atoms with Crippen molar-refractivity contribution >= 4 is 34.5 Å². The van der Waals surface area contributed by atoms with Crippen molar-refractivity contribution in [1.29, 1.82) is 0 Å². The molecule has 0 bridgehead atoms. The molecule has 0 saturated heterocycles. The molecule has 2 aromatic rings. The standard InChI is InChI=1S/C17H16ClNOS/c18-15-7-6-14(21-15)11-4-5-13-12(10-11)17(16(20)19-13)8-2-1-3-9-17/h4-7,10H,1-3,8-9H2,(H,19,20). The van der Waals surface area contributed by atoms with Crippen molar-refractivity contribution in [3.63, 3.8) is 0 Å². The van der Waals surface area contributed by atoms with E-state index < -0.39 is 0 Å². The molecule has 1 spiro atoms. The van der Waals surface area contributed by atoms with E-state index in [0.717, 1.165) is 46.1 Å². The molecular formula is C17H16ClNOS. The molecule has 1 saturated carbocycles. The third kappa shape index (κ3) is 2.02. The largest absolute Gasteiger partial charge is 0.325 e. The number of amides is 1. The van der Waals surface area contributed by atoms with Gasteiger partial charge in [-0.05, 0) is 48.2 Å². The lowest BCUT2D eigenvalue weighted by atomic mass is 9.70. The van der Waals surface area contributed by atoms with Crippen LogP contribution in [0.1, 0.15) is 37.7 Å². The molecule has 0 radical (unpaired) electrons. The molecule has 1 aliphatic heterocycles. The van der Waals surface area contributed by atoms with Crippen LogP contribution in [0.3, 0.4) is 0 Å². The van der Waals surface area contributed by atoms with Crippen LogP contribution in [0.25, 0.3) is 10.4 Å². The fourth-order valence-electron chi connectivity index (χ4n) is 3.69. The molecule has 1 amide bonds. The number of anilines is 1. The van der Waals surface area contributed by atoms with Crippen LogP contribution in [0.2, 0.25) is 4.34 Å². The van der Waals surface area contributed by atoms with Gasteiger partial charge in [0.25, 0.3) is 0 Å². The summed E-state index contributed by atoms with van der Waals surface area (Å²) in [6.07, 6.45) is 5.47. The van der Waals surface area contributed by atoms with E-state index in [0.29, 0.717) is 0 Å². The number of fused-ring (bicyclic) bond motifs is 2. The van der Waals surface area contributed by atoms with Gasteiger partial charge in [0.2, 0.25) is 5.91 Å². The van der Waals surface area contributed by atoms with Gasteiger partial charge in [-0.15, -0.1) is 11.3 Å². The minimum atomic E-state index is -0.287. The number of carbonyl (C=O) groups excluding carboxylic acids is 1. The fourth-order valence-corrected chi connectivity index (χ4v) is 4.73. The lowest BCUT2D eigenvalue weighted by molar-refractivity contribution is -0.121. The van der Waals surface area contributed by atoms with E-state index in [2.05, 4.69) is 17.4 Å². The quantitative estimate of drug-likeness (QED) is 0.767. The Hall–Kier alpha value is -1.32. The number of carbonyl (C=O) groups is 1. The Morgan fingerprint density at radius 3 is 2.62 bits per heavy atom. The molecule has 0 unspecified atom stereocenters. The second-order valence-electron chi connectivity index (χ2n) is 5.96. The van der Waals surface area contributed by atoms with Crippen molar-refractivity contribution in [2.75, 3.05) is 5.32 Å². The zero-order chi connectivity index (χ0) is 14.4. The molecule has 2 aliphatic rings. The second-order valence-corrected chi connectivity index (χ2v) is 7.68. The zero-order valence-electron chi connectivity index (χ0n) is 11.6. The molecule has 0 atom stereocenters. The summed E-state index contributed by atoms with van der Waals surface area (Å²) in [6.45, 7) is 0. The molecule has 108 valence electrons. The van der Waals surface area contributed by atoms with Crippen molar-refractivity contribution in [3.05, 3.63) is 40.2 Å². The molecule has 1 aromatic carbocycles. The van der Waals surface area contributed by atoms with Gasteiger partial charge in [0.05, 0.1) is 9.75 Å². The van der Waals surface area contributed by atoms with Crippen LogP contribution in [0.4, 0.5) is 5.69 Å². The number of hydrogen-bond acceptors (Lipinski definition) is 2. The van der Waals surface area contributed by atoms with Crippen molar-refractivity contribution in [3.8, 4) is 10.4 Å². The van der Waals surface area contributed by atoms with E-state index >= 15 is 0 Å². The zero-order valence-corrected chi connectivity index (χ0v) is 13.2. The van der Waals surface area contributed by atoms with Crippen LogP contribution in [0.5, 0.6) is 0 Å². The number of halogens is 1.